The van der Waals surface area contributed by atoms with Gasteiger partial charge in [-0.1, -0.05) is 62.1 Å². The van der Waals surface area contributed by atoms with Crippen molar-refractivity contribution in [3.63, 3.8) is 0 Å². The summed E-state index contributed by atoms with van der Waals surface area (Å²) >= 11 is 6.56. The van der Waals surface area contributed by atoms with Gasteiger partial charge >= 0.3 is 0 Å². The Morgan fingerprint density at radius 3 is 2.50 bits per heavy atom. The molecule has 4 nitrogen and oxygen atoms in total. The summed E-state index contributed by atoms with van der Waals surface area (Å²) in [5.41, 5.74) is 2.19. The van der Waals surface area contributed by atoms with Gasteiger partial charge in [0.05, 0.1) is 22.5 Å². The van der Waals surface area contributed by atoms with Crippen molar-refractivity contribution >= 4 is 50.1 Å². The van der Waals surface area contributed by atoms with E-state index in [1.54, 1.807) is 0 Å². The Bertz CT molecular complexity index is 810. The Morgan fingerprint density at radius 1 is 1.29 bits per heavy atom. The predicted molar refractivity (Wildman–Crippen MR) is 103 cm³/mol. The molecule has 0 aromatic heterocycles. The second-order valence-corrected chi connectivity index (χ2v) is 10.3. The van der Waals surface area contributed by atoms with Crippen LogP contribution in [0.15, 0.2) is 29.2 Å². The minimum Gasteiger partial charge on any atom is -0.289 e. The van der Waals surface area contributed by atoms with Crippen molar-refractivity contribution in [2.45, 2.75) is 32.2 Å². The highest BCUT2D eigenvalue weighted by Crippen LogP contribution is 2.36. The van der Waals surface area contributed by atoms with Crippen LogP contribution in [0.1, 0.15) is 37.3 Å². The number of hydrogen-bond donors (Lipinski definition) is 0. The van der Waals surface area contributed by atoms with Crippen LogP contribution in [0.4, 0.5) is 0 Å². The summed E-state index contributed by atoms with van der Waals surface area (Å²) in [6.45, 7) is 4.27. The normalized spacial score (nSPS) is 25.2. The topological polar surface area (TPSA) is 54.5 Å². The molecule has 2 aliphatic rings. The Kier molecular flexibility index (Phi) is 4.86. The number of sulfone groups is 1. The first-order chi connectivity index (χ1) is 11.3. The third-order valence-electron chi connectivity index (χ3n) is 4.30. The van der Waals surface area contributed by atoms with Crippen LogP contribution >= 0.6 is 24.0 Å². The minimum atomic E-state index is -3.05. The van der Waals surface area contributed by atoms with Gasteiger partial charge < -0.3 is 0 Å². The van der Waals surface area contributed by atoms with Crippen molar-refractivity contribution < 1.29 is 13.2 Å². The highest BCUT2D eigenvalue weighted by Gasteiger charge is 2.42. The molecule has 0 spiro atoms. The van der Waals surface area contributed by atoms with E-state index in [-0.39, 0.29) is 23.5 Å². The van der Waals surface area contributed by atoms with Gasteiger partial charge in [0.15, 0.2) is 9.84 Å². The fourth-order valence-corrected chi connectivity index (χ4v) is 6.00. The summed E-state index contributed by atoms with van der Waals surface area (Å²) in [5, 5.41) is 0. The van der Waals surface area contributed by atoms with E-state index >= 15 is 0 Å². The Morgan fingerprint density at radius 2 is 1.96 bits per heavy atom. The fraction of sp³-hybridized carbons (Fsp3) is 0.412. The van der Waals surface area contributed by atoms with Crippen molar-refractivity contribution in [2.24, 2.45) is 0 Å². The lowest BCUT2D eigenvalue weighted by molar-refractivity contribution is -0.123. The number of nitrogens with zero attached hydrogens (tertiary/aromatic N) is 1. The highest BCUT2D eigenvalue weighted by atomic mass is 32.2. The van der Waals surface area contributed by atoms with E-state index in [1.807, 2.05) is 18.2 Å². The lowest BCUT2D eigenvalue weighted by Gasteiger charge is -2.20. The first-order valence-corrected chi connectivity index (χ1v) is 10.9. The molecule has 0 saturated carbocycles. The molecule has 0 aliphatic carbocycles. The molecule has 128 valence electrons. The number of amides is 1. The zero-order chi connectivity index (χ0) is 17.5. The molecular formula is C17H19NO3S3. The van der Waals surface area contributed by atoms with Gasteiger partial charge in [0, 0.05) is 0 Å². The average Bonchev–Trinajstić information content (AvgIpc) is 2.99. The summed E-state index contributed by atoms with van der Waals surface area (Å²) in [6.07, 6.45) is 2.29. The maximum atomic E-state index is 12.6. The predicted octanol–water partition coefficient (Wildman–Crippen LogP) is 3.20. The molecule has 1 atom stereocenters. The van der Waals surface area contributed by atoms with Gasteiger partial charge in [-0.3, -0.25) is 9.69 Å². The molecule has 1 aromatic carbocycles. The smallest absolute Gasteiger partial charge is 0.266 e. The number of rotatable bonds is 3. The standard InChI is InChI=1S/C17H19NO3S3/c1-11(2)13-5-3-12(4-6-13)9-15-16(19)18(17(22)23-15)14-7-8-24(20,21)10-14/h3-6,9,11,14H,7-8,10H2,1-2H3/b15-9+/t14-/m0/s1. The van der Waals surface area contributed by atoms with Gasteiger partial charge in [-0.25, -0.2) is 8.42 Å². The third-order valence-corrected chi connectivity index (χ3v) is 7.38. The number of thioether (sulfide) groups is 1. The van der Waals surface area contributed by atoms with Crippen molar-refractivity contribution in [1.82, 2.24) is 4.90 Å². The summed E-state index contributed by atoms with van der Waals surface area (Å²) in [5.74, 6) is 0.418. The van der Waals surface area contributed by atoms with Crippen molar-refractivity contribution in [2.75, 3.05) is 11.5 Å². The number of thiocarbonyl (C=S) groups is 1. The summed E-state index contributed by atoms with van der Waals surface area (Å²) < 4.78 is 23.8. The largest absolute Gasteiger partial charge is 0.289 e. The van der Waals surface area contributed by atoms with E-state index in [4.69, 9.17) is 12.2 Å². The van der Waals surface area contributed by atoms with Crippen LogP contribution in [0.5, 0.6) is 0 Å². The van der Waals surface area contributed by atoms with Crippen LogP contribution in [0.2, 0.25) is 0 Å². The molecule has 1 aromatic rings. The van der Waals surface area contributed by atoms with E-state index in [0.717, 1.165) is 5.56 Å². The van der Waals surface area contributed by atoms with Crippen LogP contribution in [0, 0.1) is 0 Å². The molecule has 7 heteroatoms. The molecule has 0 N–H and O–H groups in total. The summed E-state index contributed by atoms with van der Waals surface area (Å²) in [4.78, 5) is 14.7. The van der Waals surface area contributed by atoms with E-state index in [9.17, 15) is 13.2 Å². The molecular weight excluding hydrogens is 362 g/mol. The van der Waals surface area contributed by atoms with Gasteiger partial charge in [-0.15, -0.1) is 0 Å². The van der Waals surface area contributed by atoms with Gasteiger partial charge in [0.2, 0.25) is 0 Å². The monoisotopic (exact) mass is 381 g/mol. The number of carbonyl (C=O) groups is 1. The van der Waals surface area contributed by atoms with Crippen LogP contribution < -0.4 is 0 Å². The van der Waals surface area contributed by atoms with Gasteiger partial charge in [-0.05, 0) is 29.5 Å². The second kappa shape index (κ2) is 6.61. The van der Waals surface area contributed by atoms with E-state index in [2.05, 4.69) is 26.0 Å². The molecule has 2 fully saturated rings. The average molecular weight is 382 g/mol. The second-order valence-electron chi connectivity index (χ2n) is 6.43. The quantitative estimate of drug-likeness (QED) is 0.594. The first kappa shape index (κ1) is 17.6. The number of benzene rings is 1. The van der Waals surface area contributed by atoms with Crippen LogP contribution in [0.25, 0.3) is 6.08 Å². The van der Waals surface area contributed by atoms with E-state index in [0.29, 0.717) is 21.6 Å². The molecule has 1 amide bonds. The summed E-state index contributed by atoms with van der Waals surface area (Å²) in [6, 6.07) is 7.77. The number of carbonyl (C=O) groups excluding carboxylic acids is 1. The molecule has 0 unspecified atom stereocenters. The van der Waals surface area contributed by atoms with E-state index in [1.165, 1.54) is 22.2 Å². The maximum absolute atomic E-state index is 12.6. The van der Waals surface area contributed by atoms with Crippen molar-refractivity contribution in [3.05, 3.63) is 40.3 Å². The lowest BCUT2D eigenvalue weighted by atomic mass is 10.0. The zero-order valence-electron chi connectivity index (χ0n) is 13.6. The minimum absolute atomic E-state index is 0.00973. The molecule has 24 heavy (non-hydrogen) atoms. The van der Waals surface area contributed by atoms with Gasteiger partial charge in [-0.2, -0.15) is 0 Å². The van der Waals surface area contributed by atoms with Crippen LogP contribution in [0.3, 0.4) is 0 Å². The van der Waals surface area contributed by atoms with Gasteiger partial charge in [0.25, 0.3) is 5.91 Å². The number of hydrogen-bond acceptors (Lipinski definition) is 5. The van der Waals surface area contributed by atoms with Crippen LogP contribution in [-0.4, -0.2) is 41.1 Å². The first-order valence-electron chi connectivity index (χ1n) is 7.84. The van der Waals surface area contributed by atoms with Crippen LogP contribution in [-0.2, 0) is 14.6 Å². The highest BCUT2D eigenvalue weighted by molar-refractivity contribution is 8.26. The van der Waals surface area contributed by atoms with Gasteiger partial charge in [0.1, 0.15) is 4.32 Å². The molecule has 3 rings (SSSR count). The molecule has 0 bridgehead atoms. The summed E-state index contributed by atoms with van der Waals surface area (Å²) in [7, 11) is -3.05. The Balaban J connectivity index is 1.81. The lowest BCUT2D eigenvalue weighted by Crippen LogP contribution is -2.39. The SMILES string of the molecule is CC(C)c1ccc(/C=C2/SC(=S)N([C@H]3CCS(=O)(=O)C3)C2=O)cc1. The third kappa shape index (κ3) is 3.58. The van der Waals surface area contributed by atoms with Crippen molar-refractivity contribution in [1.29, 1.82) is 0 Å². The van der Waals surface area contributed by atoms with E-state index < -0.39 is 9.84 Å². The molecule has 2 heterocycles. The Labute approximate surface area is 152 Å². The van der Waals surface area contributed by atoms with Crippen molar-refractivity contribution in [3.8, 4) is 0 Å². The Hall–Kier alpha value is -1.18. The maximum Gasteiger partial charge on any atom is 0.266 e. The zero-order valence-corrected chi connectivity index (χ0v) is 16.0. The molecule has 2 saturated heterocycles. The fourth-order valence-electron chi connectivity index (χ4n) is 2.90. The molecule has 2 aliphatic heterocycles. The molecule has 0 radical (unpaired) electrons.